The lowest BCUT2D eigenvalue weighted by Gasteiger charge is -2.23. The van der Waals surface area contributed by atoms with E-state index in [1.54, 1.807) is 0 Å². The number of urea groups is 2. The smallest absolute Gasteiger partial charge is 0.324 e. The zero-order chi connectivity index (χ0) is 18.1. The van der Waals surface area contributed by atoms with Gasteiger partial charge in [-0.05, 0) is 49.1 Å². The summed E-state index contributed by atoms with van der Waals surface area (Å²) < 4.78 is 0. The van der Waals surface area contributed by atoms with Gasteiger partial charge in [0, 0.05) is 18.8 Å². The monoisotopic (exact) mass is 356 g/mol. The summed E-state index contributed by atoms with van der Waals surface area (Å²) in [4.78, 5) is 39.4. The van der Waals surface area contributed by atoms with Crippen LogP contribution in [0.2, 0.25) is 0 Å². The van der Waals surface area contributed by atoms with Gasteiger partial charge in [0.25, 0.3) is 0 Å². The molecule has 4 rings (SSSR count). The highest BCUT2D eigenvalue weighted by atomic mass is 16.2. The van der Waals surface area contributed by atoms with E-state index in [1.165, 1.54) is 24.2 Å². The maximum Gasteiger partial charge on any atom is 0.324 e. The number of hydrogen-bond donors (Lipinski definition) is 2. The van der Waals surface area contributed by atoms with E-state index < -0.39 is 6.03 Å². The second-order valence-electron chi connectivity index (χ2n) is 7.57. The molecule has 5 amide bonds. The molecule has 2 heterocycles. The molecule has 0 aromatic heterocycles. The van der Waals surface area contributed by atoms with Crippen molar-refractivity contribution in [3.63, 3.8) is 0 Å². The van der Waals surface area contributed by atoms with Gasteiger partial charge in [0.2, 0.25) is 5.91 Å². The van der Waals surface area contributed by atoms with Crippen LogP contribution in [0.15, 0.2) is 24.3 Å². The first-order valence-electron chi connectivity index (χ1n) is 9.28. The quantitative estimate of drug-likeness (QED) is 0.817. The van der Waals surface area contributed by atoms with Crippen LogP contribution in [0.1, 0.15) is 37.7 Å². The van der Waals surface area contributed by atoms with Gasteiger partial charge < -0.3 is 15.5 Å². The summed E-state index contributed by atoms with van der Waals surface area (Å²) in [5.74, 6) is -0.252. The summed E-state index contributed by atoms with van der Waals surface area (Å²) in [7, 11) is 0. The van der Waals surface area contributed by atoms with Crippen LogP contribution >= 0.6 is 0 Å². The largest absolute Gasteiger partial charge is 0.329 e. The highest BCUT2D eigenvalue weighted by molar-refractivity contribution is 6.02. The maximum atomic E-state index is 12.7. The van der Waals surface area contributed by atoms with Crippen LogP contribution in [0.3, 0.4) is 0 Å². The SMILES string of the molecule is O=C(Nc1ccccc1CN1C(=O)CNC1=O)N1CCCC2(CC1)CC2. The fourth-order valence-corrected chi connectivity index (χ4v) is 3.89. The number of nitrogens with one attached hydrogen (secondary N) is 2. The Kier molecular flexibility index (Phi) is 4.30. The van der Waals surface area contributed by atoms with Gasteiger partial charge in [-0.25, -0.2) is 9.59 Å². The second-order valence-corrected chi connectivity index (χ2v) is 7.57. The van der Waals surface area contributed by atoms with Gasteiger partial charge in [-0.2, -0.15) is 0 Å². The Morgan fingerprint density at radius 3 is 2.65 bits per heavy atom. The van der Waals surface area contributed by atoms with E-state index in [4.69, 9.17) is 0 Å². The molecule has 1 aliphatic carbocycles. The zero-order valence-electron chi connectivity index (χ0n) is 14.8. The van der Waals surface area contributed by atoms with Crippen molar-refractivity contribution in [1.29, 1.82) is 0 Å². The Bertz CT molecular complexity index is 728. The van der Waals surface area contributed by atoms with Crippen molar-refractivity contribution >= 4 is 23.7 Å². The van der Waals surface area contributed by atoms with Gasteiger partial charge in [0.1, 0.15) is 0 Å². The van der Waals surface area contributed by atoms with Crippen molar-refractivity contribution in [3.8, 4) is 0 Å². The van der Waals surface area contributed by atoms with Crippen molar-refractivity contribution in [2.24, 2.45) is 5.41 Å². The van der Waals surface area contributed by atoms with Crippen LogP contribution in [0.4, 0.5) is 15.3 Å². The molecule has 0 bridgehead atoms. The summed E-state index contributed by atoms with van der Waals surface area (Å²) in [6, 6.07) is 6.83. The first-order valence-corrected chi connectivity index (χ1v) is 9.28. The number of para-hydroxylation sites is 1. The molecule has 3 fully saturated rings. The number of benzene rings is 1. The lowest BCUT2D eigenvalue weighted by atomic mass is 9.98. The maximum absolute atomic E-state index is 12.7. The molecule has 2 N–H and O–H groups in total. The lowest BCUT2D eigenvalue weighted by Crippen LogP contribution is -2.36. The standard InChI is InChI=1S/C19H24N4O3/c24-16-12-20-17(25)23(16)13-14-4-1-2-5-15(14)21-18(26)22-10-3-6-19(7-8-19)9-11-22/h1-2,4-5H,3,6-13H2,(H,20,25)(H,21,26). The van der Waals surface area contributed by atoms with E-state index in [0.29, 0.717) is 11.1 Å². The highest BCUT2D eigenvalue weighted by Gasteiger charge is 2.43. The second kappa shape index (κ2) is 6.63. The third-order valence-corrected chi connectivity index (χ3v) is 5.82. The molecule has 0 radical (unpaired) electrons. The first kappa shape index (κ1) is 16.9. The first-order chi connectivity index (χ1) is 12.6. The lowest BCUT2D eigenvalue weighted by molar-refractivity contribution is -0.125. The van der Waals surface area contributed by atoms with Crippen LogP contribution < -0.4 is 10.6 Å². The predicted octanol–water partition coefficient (Wildman–Crippen LogP) is 2.54. The molecule has 1 aromatic rings. The van der Waals surface area contributed by atoms with Crippen molar-refractivity contribution in [1.82, 2.24) is 15.1 Å². The number of amides is 5. The Labute approximate surface area is 152 Å². The Morgan fingerprint density at radius 2 is 1.92 bits per heavy atom. The van der Waals surface area contributed by atoms with E-state index in [9.17, 15) is 14.4 Å². The molecule has 26 heavy (non-hydrogen) atoms. The summed E-state index contributed by atoms with van der Waals surface area (Å²) >= 11 is 0. The van der Waals surface area contributed by atoms with E-state index in [-0.39, 0.29) is 25.0 Å². The summed E-state index contributed by atoms with van der Waals surface area (Å²) in [5, 5.41) is 5.49. The van der Waals surface area contributed by atoms with Crippen molar-refractivity contribution in [2.75, 3.05) is 25.0 Å². The number of nitrogens with zero attached hydrogens (tertiary/aromatic N) is 2. The van der Waals surface area contributed by atoms with E-state index in [1.807, 2.05) is 29.2 Å². The predicted molar refractivity (Wildman–Crippen MR) is 96.5 cm³/mol. The minimum atomic E-state index is -0.390. The van der Waals surface area contributed by atoms with Gasteiger partial charge in [-0.3, -0.25) is 9.69 Å². The summed E-state index contributed by atoms with van der Waals surface area (Å²) in [5.41, 5.74) is 1.91. The molecule has 1 saturated carbocycles. The number of carbonyl (C=O) groups excluding carboxylic acids is 3. The topological polar surface area (TPSA) is 81.8 Å². The number of hydrogen-bond acceptors (Lipinski definition) is 3. The molecule has 2 saturated heterocycles. The molecule has 138 valence electrons. The normalized spacial score (nSPS) is 21.5. The number of anilines is 1. The van der Waals surface area contributed by atoms with Crippen LogP contribution in [0, 0.1) is 5.41 Å². The van der Waals surface area contributed by atoms with E-state index in [0.717, 1.165) is 31.5 Å². The van der Waals surface area contributed by atoms with Crippen molar-refractivity contribution in [2.45, 2.75) is 38.6 Å². The number of rotatable bonds is 3. The molecule has 3 aliphatic rings. The average molecular weight is 356 g/mol. The van der Waals surface area contributed by atoms with E-state index >= 15 is 0 Å². The molecule has 0 unspecified atom stereocenters. The van der Waals surface area contributed by atoms with Gasteiger partial charge in [-0.15, -0.1) is 0 Å². The minimum absolute atomic E-state index is 0.0306. The van der Waals surface area contributed by atoms with Crippen LogP contribution in [0.25, 0.3) is 0 Å². The Hall–Kier alpha value is -2.57. The number of imide groups is 1. The summed E-state index contributed by atoms with van der Waals surface area (Å²) in [6.07, 6.45) is 5.97. The average Bonchev–Trinajstić information content (AvgIpc) is 3.38. The van der Waals surface area contributed by atoms with Crippen LogP contribution in [-0.4, -0.2) is 47.4 Å². The molecule has 1 aromatic carbocycles. The van der Waals surface area contributed by atoms with Gasteiger partial charge in [-0.1, -0.05) is 18.2 Å². The van der Waals surface area contributed by atoms with Gasteiger partial charge >= 0.3 is 12.1 Å². The molecule has 7 nitrogen and oxygen atoms in total. The minimum Gasteiger partial charge on any atom is -0.329 e. The fourth-order valence-electron chi connectivity index (χ4n) is 3.89. The third-order valence-electron chi connectivity index (χ3n) is 5.82. The third kappa shape index (κ3) is 3.38. The van der Waals surface area contributed by atoms with Gasteiger partial charge in [0.15, 0.2) is 0 Å². The molecule has 0 atom stereocenters. The molecule has 2 aliphatic heterocycles. The fraction of sp³-hybridized carbons (Fsp3) is 0.526. The number of carbonyl (C=O) groups is 3. The van der Waals surface area contributed by atoms with Crippen molar-refractivity contribution in [3.05, 3.63) is 29.8 Å². The summed E-state index contributed by atoms with van der Waals surface area (Å²) in [6.45, 7) is 1.76. The molecular formula is C19H24N4O3. The zero-order valence-corrected chi connectivity index (χ0v) is 14.8. The van der Waals surface area contributed by atoms with Crippen LogP contribution in [0.5, 0.6) is 0 Å². The van der Waals surface area contributed by atoms with Crippen molar-refractivity contribution < 1.29 is 14.4 Å². The Morgan fingerprint density at radius 1 is 1.12 bits per heavy atom. The highest BCUT2D eigenvalue weighted by Crippen LogP contribution is 2.53. The Balaban J connectivity index is 1.43. The van der Waals surface area contributed by atoms with Crippen LogP contribution in [-0.2, 0) is 11.3 Å². The van der Waals surface area contributed by atoms with Gasteiger partial charge in [0.05, 0.1) is 13.1 Å². The van der Waals surface area contributed by atoms with E-state index in [2.05, 4.69) is 10.6 Å². The molecule has 1 spiro atoms. The number of likely N-dealkylation sites (tertiary alicyclic amines) is 1. The molecule has 7 heteroatoms. The molecular weight excluding hydrogens is 332 g/mol.